The van der Waals surface area contributed by atoms with Gasteiger partial charge in [0.15, 0.2) is 0 Å². The van der Waals surface area contributed by atoms with E-state index >= 15 is 0 Å². The third kappa shape index (κ3) is 3.98. The fourth-order valence-electron chi connectivity index (χ4n) is 3.87. The predicted molar refractivity (Wildman–Crippen MR) is 95.9 cm³/mol. The first-order valence-corrected chi connectivity index (χ1v) is 9.20. The van der Waals surface area contributed by atoms with Crippen LogP contribution in [-0.4, -0.2) is 34.9 Å². The van der Waals surface area contributed by atoms with Crippen LogP contribution >= 0.6 is 0 Å². The van der Waals surface area contributed by atoms with Gasteiger partial charge in [0.25, 0.3) is 0 Å². The third-order valence-corrected chi connectivity index (χ3v) is 5.47. The highest BCUT2D eigenvalue weighted by molar-refractivity contribution is 5.70. The third-order valence-electron chi connectivity index (χ3n) is 5.47. The zero-order valence-electron chi connectivity index (χ0n) is 15.3. The fourth-order valence-corrected chi connectivity index (χ4v) is 3.87. The average Bonchev–Trinajstić information content (AvgIpc) is 2.56. The molecule has 1 heterocycles. The standard InChI is InChI=1S/C20H29NO4/c1-20(2,3)13-7-8-15-17(10-13)25-11-16(18(15)22)21-14-6-4-5-12(9-14)19(23)24/h7-8,10,12,14,16,18,21-22H,4-6,9,11H2,1-3H3,(H,23,24)/t12-,14+,16+,18-/m1/s1. The Morgan fingerprint density at radius 3 is 2.72 bits per heavy atom. The van der Waals surface area contributed by atoms with E-state index in [9.17, 15) is 15.0 Å². The van der Waals surface area contributed by atoms with Gasteiger partial charge in [0, 0.05) is 11.6 Å². The number of fused-ring (bicyclic) bond motifs is 1. The highest BCUT2D eigenvalue weighted by atomic mass is 16.5. The van der Waals surface area contributed by atoms with Gasteiger partial charge in [0.05, 0.1) is 12.0 Å². The summed E-state index contributed by atoms with van der Waals surface area (Å²) in [5, 5.41) is 23.4. The van der Waals surface area contributed by atoms with Gasteiger partial charge in [-0.05, 0) is 36.3 Å². The van der Waals surface area contributed by atoms with Gasteiger partial charge in [-0.2, -0.15) is 0 Å². The molecule has 1 aliphatic carbocycles. The number of benzene rings is 1. The van der Waals surface area contributed by atoms with E-state index in [0.29, 0.717) is 13.0 Å². The van der Waals surface area contributed by atoms with Crippen molar-refractivity contribution in [2.45, 2.75) is 70.1 Å². The number of rotatable bonds is 3. The van der Waals surface area contributed by atoms with Crippen LogP contribution in [0.15, 0.2) is 18.2 Å². The van der Waals surface area contributed by atoms with Crippen molar-refractivity contribution in [3.8, 4) is 5.75 Å². The molecule has 5 nitrogen and oxygen atoms in total. The Bertz CT molecular complexity index is 637. The van der Waals surface area contributed by atoms with Crippen molar-refractivity contribution in [3.05, 3.63) is 29.3 Å². The Kier molecular flexibility index (Phi) is 5.07. The number of carbonyl (C=O) groups is 1. The molecule has 5 heteroatoms. The first-order chi connectivity index (χ1) is 11.8. The summed E-state index contributed by atoms with van der Waals surface area (Å²) in [5.41, 5.74) is 2.02. The monoisotopic (exact) mass is 347 g/mol. The summed E-state index contributed by atoms with van der Waals surface area (Å²) >= 11 is 0. The smallest absolute Gasteiger partial charge is 0.306 e. The number of carboxylic acids is 1. The van der Waals surface area contributed by atoms with E-state index in [4.69, 9.17) is 4.74 Å². The second-order valence-electron chi connectivity index (χ2n) is 8.43. The first kappa shape index (κ1) is 18.2. The highest BCUT2D eigenvalue weighted by Crippen LogP contribution is 2.36. The van der Waals surface area contributed by atoms with Gasteiger partial charge >= 0.3 is 5.97 Å². The molecule has 1 saturated carbocycles. The minimum Gasteiger partial charge on any atom is -0.491 e. The van der Waals surface area contributed by atoms with Gasteiger partial charge in [-0.1, -0.05) is 39.3 Å². The van der Waals surface area contributed by atoms with Gasteiger partial charge < -0.3 is 20.3 Å². The number of aliphatic carboxylic acids is 1. The zero-order chi connectivity index (χ0) is 18.2. The number of hydrogen-bond acceptors (Lipinski definition) is 4. The van der Waals surface area contributed by atoms with Crippen LogP contribution in [0.5, 0.6) is 5.75 Å². The van der Waals surface area contributed by atoms with Crippen LogP contribution in [0.3, 0.4) is 0 Å². The second-order valence-corrected chi connectivity index (χ2v) is 8.43. The van der Waals surface area contributed by atoms with Gasteiger partial charge in [0.1, 0.15) is 18.5 Å². The van der Waals surface area contributed by atoms with Gasteiger partial charge in [-0.25, -0.2) is 0 Å². The molecule has 138 valence electrons. The van der Waals surface area contributed by atoms with Gasteiger partial charge in [0.2, 0.25) is 0 Å². The quantitative estimate of drug-likeness (QED) is 0.783. The van der Waals surface area contributed by atoms with E-state index in [2.05, 4.69) is 32.2 Å². The molecule has 0 unspecified atom stereocenters. The van der Waals surface area contributed by atoms with Crippen LogP contribution in [-0.2, 0) is 10.2 Å². The molecular weight excluding hydrogens is 318 g/mol. The molecule has 0 spiro atoms. The normalized spacial score (nSPS) is 29.6. The Labute approximate surface area is 149 Å². The number of nitrogens with one attached hydrogen (secondary N) is 1. The summed E-state index contributed by atoms with van der Waals surface area (Å²) in [6.45, 7) is 6.86. The fraction of sp³-hybridized carbons (Fsp3) is 0.650. The summed E-state index contributed by atoms with van der Waals surface area (Å²) in [6, 6.07) is 5.94. The van der Waals surface area contributed by atoms with Crippen LogP contribution in [0.1, 0.15) is 63.7 Å². The van der Waals surface area contributed by atoms with E-state index in [1.54, 1.807) is 0 Å². The molecule has 1 fully saturated rings. The molecule has 0 bridgehead atoms. The van der Waals surface area contributed by atoms with Crippen LogP contribution in [0.2, 0.25) is 0 Å². The molecule has 1 aromatic carbocycles. The molecular formula is C20H29NO4. The zero-order valence-corrected chi connectivity index (χ0v) is 15.3. The average molecular weight is 347 g/mol. The largest absolute Gasteiger partial charge is 0.491 e. The minimum atomic E-state index is -0.716. The molecule has 0 radical (unpaired) electrons. The Hall–Kier alpha value is -1.59. The summed E-state index contributed by atoms with van der Waals surface area (Å²) < 4.78 is 5.92. The molecule has 0 aromatic heterocycles. The number of aliphatic hydroxyl groups is 1. The molecule has 3 rings (SSSR count). The van der Waals surface area contributed by atoms with Gasteiger partial charge in [-0.3, -0.25) is 4.79 Å². The van der Waals surface area contributed by atoms with Crippen molar-refractivity contribution in [2.24, 2.45) is 5.92 Å². The number of carboxylic acid groups (broad SMARTS) is 1. The maximum absolute atomic E-state index is 11.2. The van der Waals surface area contributed by atoms with Crippen molar-refractivity contribution in [2.75, 3.05) is 6.61 Å². The van der Waals surface area contributed by atoms with Crippen molar-refractivity contribution >= 4 is 5.97 Å². The number of hydrogen-bond donors (Lipinski definition) is 3. The maximum atomic E-state index is 11.2. The molecule has 4 atom stereocenters. The van der Waals surface area contributed by atoms with Crippen molar-refractivity contribution in [1.29, 1.82) is 0 Å². The first-order valence-electron chi connectivity index (χ1n) is 9.20. The summed E-state index contributed by atoms with van der Waals surface area (Å²) in [4.78, 5) is 11.2. The number of aliphatic hydroxyl groups excluding tert-OH is 1. The summed E-state index contributed by atoms with van der Waals surface area (Å²) in [7, 11) is 0. The lowest BCUT2D eigenvalue weighted by Crippen LogP contribution is -2.49. The van der Waals surface area contributed by atoms with E-state index in [-0.39, 0.29) is 23.4 Å². The molecule has 2 aliphatic rings. The lowest BCUT2D eigenvalue weighted by molar-refractivity contribution is -0.143. The topological polar surface area (TPSA) is 78.8 Å². The van der Waals surface area contributed by atoms with Crippen LogP contribution in [0, 0.1) is 5.92 Å². The van der Waals surface area contributed by atoms with Crippen molar-refractivity contribution in [1.82, 2.24) is 5.32 Å². The molecule has 1 aromatic rings. The van der Waals surface area contributed by atoms with E-state index in [1.807, 2.05) is 12.1 Å². The van der Waals surface area contributed by atoms with Crippen LogP contribution < -0.4 is 10.1 Å². The lowest BCUT2D eigenvalue weighted by Gasteiger charge is -2.36. The Balaban J connectivity index is 1.69. The van der Waals surface area contributed by atoms with Gasteiger partial charge in [-0.15, -0.1) is 0 Å². The van der Waals surface area contributed by atoms with Crippen LogP contribution in [0.4, 0.5) is 0 Å². The minimum absolute atomic E-state index is 0.0341. The van der Waals surface area contributed by atoms with Crippen molar-refractivity contribution in [3.63, 3.8) is 0 Å². The van der Waals surface area contributed by atoms with E-state index < -0.39 is 12.1 Å². The highest BCUT2D eigenvalue weighted by Gasteiger charge is 2.34. The van der Waals surface area contributed by atoms with E-state index in [1.165, 1.54) is 5.56 Å². The summed E-state index contributed by atoms with van der Waals surface area (Å²) in [6.07, 6.45) is 2.58. The molecule has 0 amide bonds. The maximum Gasteiger partial charge on any atom is 0.306 e. The molecule has 25 heavy (non-hydrogen) atoms. The Morgan fingerprint density at radius 1 is 1.28 bits per heavy atom. The SMILES string of the molecule is CC(C)(C)c1ccc2c(c1)OC[C@H](N[C@H]1CCC[C@@H](C(=O)O)C1)[C@@H]2O. The molecule has 0 saturated heterocycles. The molecule has 3 N–H and O–H groups in total. The summed E-state index contributed by atoms with van der Waals surface area (Å²) in [5.74, 6) is -0.244. The van der Waals surface area contributed by atoms with E-state index in [0.717, 1.165) is 30.6 Å². The Morgan fingerprint density at radius 2 is 2.04 bits per heavy atom. The number of ether oxygens (including phenoxy) is 1. The lowest BCUT2D eigenvalue weighted by atomic mass is 9.84. The second kappa shape index (κ2) is 6.96. The van der Waals surface area contributed by atoms with Crippen LogP contribution in [0.25, 0.3) is 0 Å². The predicted octanol–water partition coefficient (Wildman–Crippen LogP) is 3.01. The molecule has 1 aliphatic heterocycles. The van der Waals surface area contributed by atoms with Crippen molar-refractivity contribution < 1.29 is 19.7 Å².